The Balaban J connectivity index is 1.42. The summed E-state index contributed by atoms with van der Waals surface area (Å²) in [7, 11) is 0. The molecule has 1 saturated carbocycles. The Kier molecular flexibility index (Phi) is 5.41. The summed E-state index contributed by atoms with van der Waals surface area (Å²) >= 11 is 1.53. The molecule has 1 fully saturated rings. The second kappa shape index (κ2) is 8.12. The molecule has 1 aliphatic carbocycles. The van der Waals surface area contributed by atoms with Crippen LogP contribution in [0.15, 0.2) is 53.8 Å². The smallest absolute Gasteiger partial charge is 0.229 e. The second-order valence-corrected chi connectivity index (χ2v) is 9.99. The van der Waals surface area contributed by atoms with Gasteiger partial charge in [0.1, 0.15) is 0 Å². The summed E-state index contributed by atoms with van der Waals surface area (Å²) in [6.45, 7) is 5.07. The van der Waals surface area contributed by atoms with E-state index in [4.69, 9.17) is 5.11 Å². The molecule has 0 atom stereocenters. The van der Waals surface area contributed by atoms with Crippen LogP contribution in [0, 0.1) is 0 Å². The van der Waals surface area contributed by atoms with Crippen molar-refractivity contribution < 1.29 is 10.2 Å². The Hall–Kier alpha value is -2.52. The van der Waals surface area contributed by atoms with Gasteiger partial charge in [0.2, 0.25) is 5.95 Å². The molecule has 8 heteroatoms. The highest BCUT2D eigenvalue weighted by atomic mass is 32.2. The Bertz CT molecular complexity index is 1130. The number of aromatic nitrogens is 3. The Morgan fingerprint density at radius 2 is 1.91 bits per heavy atom. The predicted molar refractivity (Wildman–Crippen MR) is 126 cm³/mol. The van der Waals surface area contributed by atoms with Crippen LogP contribution in [0.3, 0.4) is 0 Å². The van der Waals surface area contributed by atoms with Crippen molar-refractivity contribution in [2.75, 3.05) is 24.6 Å². The van der Waals surface area contributed by atoms with Gasteiger partial charge in [0, 0.05) is 53.2 Å². The molecule has 2 aliphatic rings. The van der Waals surface area contributed by atoms with Gasteiger partial charge in [-0.15, -0.1) is 0 Å². The lowest BCUT2D eigenvalue weighted by molar-refractivity contribution is 0.0785. The van der Waals surface area contributed by atoms with E-state index in [1.165, 1.54) is 30.4 Å². The summed E-state index contributed by atoms with van der Waals surface area (Å²) < 4.78 is 3.17. The minimum atomic E-state index is -0.932. The van der Waals surface area contributed by atoms with Gasteiger partial charge in [0.05, 0.1) is 17.9 Å². The molecule has 0 saturated heterocycles. The third kappa shape index (κ3) is 3.99. The first-order chi connectivity index (χ1) is 15.4. The Labute approximate surface area is 192 Å². The zero-order valence-electron chi connectivity index (χ0n) is 18.2. The van der Waals surface area contributed by atoms with Crippen molar-refractivity contribution in [2.24, 2.45) is 0 Å². The van der Waals surface area contributed by atoms with Crippen molar-refractivity contribution >= 4 is 23.6 Å². The molecule has 1 aliphatic heterocycles. The predicted octanol–water partition coefficient (Wildman–Crippen LogP) is 3.54. The fraction of sp³-hybridized carbons (Fsp3) is 0.375. The minimum Gasteiger partial charge on any atom is -0.395 e. The van der Waals surface area contributed by atoms with Gasteiger partial charge in [-0.1, -0.05) is 6.07 Å². The van der Waals surface area contributed by atoms with Gasteiger partial charge in [-0.3, -0.25) is 9.71 Å². The SMILES string of the molecule is CC(C)(O)c1ccnc(-c2cnc(N3CC4(CC4)c4ccc(SNCCO)cc43)nc2)c1. The molecule has 166 valence electrons. The molecule has 7 nitrogen and oxygen atoms in total. The Morgan fingerprint density at radius 1 is 1.12 bits per heavy atom. The van der Waals surface area contributed by atoms with Gasteiger partial charge in [-0.2, -0.15) is 0 Å². The van der Waals surface area contributed by atoms with E-state index in [2.05, 4.69) is 42.8 Å². The highest BCUT2D eigenvalue weighted by Crippen LogP contribution is 2.58. The average molecular weight is 450 g/mol. The molecule has 5 rings (SSSR count). The van der Waals surface area contributed by atoms with E-state index in [0.717, 1.165) is 33.9 Å². The lowest BCUT2D eigenvalue weighted by Gasteiger charge is -2.19. The molecule has 1 spiro atoms. The molecule has 2 aromatic heterocycles. The summed E-state index contributed by atoms with van der Waals surface area (Å²) in [6.07, 6.45) is 7.69. The van der Waals surface area contributed by atoms with E-state index >= 15 is 0 Å². The molecule has 32 heavy (non-hydrogen) atoms. The van der Waals surface area contributed by atoms with Gasteiger partial charge in [-0.05, 0) is 74.0 Å². The number of pyridine rings is 1. The molecule has 1 aromatic carbocycles. The topological polar surface area (TPSA) is 94.4 Å². The van der Waals surface area contributed by atoms with Crippen LogP contribution in [0.5, 0.6) is 0 Å². The molecule has 0 bridgehead atoms. The monoisotopic (exact) mass is 449 g/mol. The second-order valence-electron chi connectivity index (χ2n) is 9.03. The average Bonchev–Trinajstić information content (AvgIpc) is 3.50. The van der Waals surface area contributed by atoms with Crippen LogP contribution in [0.2, 0.25) is 0 Å². The third-order valence-electron chi connectivity index (χ3n) is 6.19. The van der Waals surface area contributed by atoms with Crippen LogP contribution in [0.25, 0.3) is 11.3 Å². The van der Waals surface area contributed by atoms with E-state index < -0.39 is 5.60 Å². The van der Waals surface area contributed by atoms with Gasteiger partial charge in [-0.25, -0.2) is 9.97 Å². The maximum absolute atomic E-state index is 10.3. The number of fused-ring (bicyclic) bond motifs is 2. The lowest BCUT2D eigenvalue weighted by Crippen LogP contribution is -2.21. The van der Waals surface area contributed by atoms with Crippen LogP contribution in [0.1, 0.15) is 37.8 Å². The molecular formula is C24H27N5O2S. The molecule has 0 radical (unpaired) electrons. The number of aliphatic hydroxyl groups excluding tert-OH is 1. The largest absolute Gasteiger partial charge is 0.395 e. The summed E-state index contributed by atoms with van der Waals surface area (Å²) in [4.78, 5) is 17.1. The molecule has 3 heterocycles. The van der Waals surface area contributed by atoms with Crippen molar-refractivity contribution in [3.05, 3.63) is 60.0 Å². The molecule has 3 aromatic rings. The zero-order chi connectivity index (χ0) is 22.3. The zero-order valence-corrected chi connectivity index (χ0v) is 19.1. The maximum Gasteiger partial charge on any atom is 0.229 e. The number of nitrogens with zero attached hydrogens (tertiary/aromatic N) is 4. The fourth-order valence-electron chi connectivity index (χ4n) is 4.22. The highest BCUT2D eigenvalue weighted by molar-refractivity contribution is 7.97. The summed E-state index contributed by atoms with van der Waals surface area (Å²) in [5.41, 5.74) is 4.18. The number of benzene rings is 1. The molecule has 0 unspecified atom stereocenters. The van der Waals surface area contributed by atoms with E-state index in [1.54, 1.807) is 32.4 Å². The van der Waals surface area contributed by atoms with E-state index in [1.807, 2.05) is 12.1 Å². The first-order valence-corrected chi connectivity index (χ1v) is 11.7. The van der Waals surface area contributed by atoms with Gasteiger partial charge in [0.15, 0.2) is 0 Å². The van der Waals surface area contributed by atoms with E-state index in [-0.39, 0.29) is 12.0 Å². The summed E-state index contributed by atoms with van der Waals surface area (Å²) in [6, 6.07) is 10.3. The van der Waals surface area contributed by atoms with Gasteiger partial charge < -0.3 is 15.1 Å². The van der Waals surface area contributed by atoms with Crippen LogP contribution in [-0.2, 0) is 11.0 Å². The quantitative estimate of drug-likeness (QED) is 0.373. The van der Waals surface area contributed by atoms with Crippen molar-refractivity contribution in [3.63, 3.8) is 0 Å². The number of rotatable bonds is 7. The summed E-state index contributed by atoms with van der Waals surface area (Å²) in [5.74, 6) is 0.683. The number of hydrogen-bond donors (Lipinski definition) is 3. The standard InChI is InChI=1S/C24H27N5O2S/c1-23(2,31)17-5-8-25-20(11-17)16-13-26-22(27-14-16)29-15-24(6-7-24)19-4-3-18(12-21(19)29)32-28-9-10-30/h3-5,8,11-14,28,30-31H,6-7,9-10,15H2,1-2H3. The summed E-state index contributed by atoms with van der Waals surface area (Å²) in [5, 5.41) is 19.3. The first-order valence-electron chi connectivity index (χ1n) is 10.8. The van der Waals surface area contributed by atoms with Crippen molar-refractivity contribution in [3.8, 4) is 11.3 Å². The number of anilines is 2. The van der Waals surface area contributed by atoms with Gasteiger partial charge in [0.25, 0.3) is 0 Å². The van der Waals surface area contributed by atoms with Crippen LogP contribution in [-0.4, -0.2) is 44.9 Å². The van der Waals surface area contributed by atoms with Crippen LogP contribution in [0.4, 0.5) is 11.6 Å². The van der Waals surface area contributed by atoms with Crippen molar-refractivity contribution in [1.29, 1.82) is 0 Å². The maximum atomic E-state index is 10.3. The first kappa shape index (κ1) is 21.3. The number of aliphatic hydroxyl groups is 2. The number of nitrogens with one attached hydrogen (secondary N) is 1. The number of hydrogen-bond acceptors (Lipinski definition) is 8. The van der Waals surface area contributed by atoms with E-state index in [9.17, 15) is 5.11 Å². The lowest BCUT2D eigenvalue weighted by atomic mass is 9.98. The molecule has 3 N–H and O–H groups in total. The molecule has 0 amide bonds. The van der Waals surface area contributed by atoms with E-state index in [0.29, 0.717) is 12.5 Å². The fourth-order valence-corrected chi connectivity index (χ4v) is 4.89. The normalized spacial score (nSPS) is 16.4. The van der Waals surface area contributed by atoms with Crippen LogP contribution >= 0.6 is 11.9 Å². The van der Waals surface area contributed by atoms with Crippen molar-refractivity contribution in [1.82, 2.24) is 19.7 Å². The van der Waals surface area contributed by atoms with Crippen LogP contribution < -0.4 is 9.62 Å². The molecular weight excluding hydrogens is 422 g/mol. The van der Waals surface area contributed by atoms with Gasteiger partial charge >= 0.3 is 0 Å². The minimum absolute atomic E-state index is 0.112. The Morgan fingerprint density at radius 3 is 2.59 bits per heavy atom. The van der Waals surface area contributed by atoms with Crippen molar-refractivity contribution in [2.45, 2.75) is 42.6 Å². The third-order valence-corrected chi connectivity index (χ3v) is 7.03. The highest BCUT2D eigenvalue weighted by Gasteiger charge is 2.52.